The molecule has 16 heavy (non-hydrogen) atoms. The predicted molar refractivity (Wildman–Crippen MR) is 58.0 cm³/mol. The van der Waals surface area contributed by atoms with Crippen molar-refractivity contribution in [2.24, 2.45) is 10.3 Å². The van der Waals surface area contributed by atoms with Gasteiger partial charge in [-0.15, -0.1) is 5.11 Å². The molecule has 6 nitrogen and oxygen atoms in total. The van der Waals surface area contributed by atoms with Crippen LogP contribution in [0.2, 0.25) is 0 Å². The van der Waals surface area contributed by atoms with Crippen molar-refractivity contribution in [1.29, 1.82) is 0 Å². The van der Waals surface area contributed by atoms with Gasteiger partial charge >= 0.3 is 0 Å². The zero-order valence-electron chi connectivity index (χ0n) is 8.89. The second kappa shape index (κ2) is 3.71. The molecule has 0 saturated carbocycles. The summed E-state index contributed by atoms with van der Waals surface area (Å²) in [5.41, 5.74) is 4.43. The Morgan fingerprint density at radius 2 is 2.25 bits per heavy atom. The van der Waals surface area contributed by atoms with E-state index in [1.165, 1.54) is 0 Å². The normalized spacial score (nSPS) is 20.6. The molecule has 0 spiro atoms. The molecular formula is C10H13N5O. The Kier molecular flexibility index (Phi) is 2.21. The molecule has 6 heteroatoms. The van der Waals surface area contributed by atoms with Gasteiger partial charge in [-0.1, -0.05) is 11.8 Å². The summed E-state index contributed by atoms with van der Waals surface area (Å²) in [4.78, 5) is 0. The molecule has 0 aliphatic carbocycles. The monoisotopic (exact) mass is 219 g/mol. The summed E-state index contributed by atoms with van der Waals surface area (Å²) in [7, 11) is 0. The highest BCUT2D eigenvalue weighted by atomic mass is 16.5. The van der Waals surface area contributed by atoms with Crippen LogP contribution in [-0.2, 0) is 4.74 Å². The average molecular weight is 219 g/mol. The largest absolute Gasteiger partial charge is 0.381 e. The molecule has 3 rings (SSSR count). The van der Waals surface area contributed by atoms with Crippen LogP contribution in [0.4, 0.5) is 5.82 Å². The quantitative estimate of drug-likeness (QED) is 0.783. The number of fused-ring (bicyclic) bond motifs is 1. The Bertz CT molecular complexity index is 444. The van der Waals surface area contributed by atoms with Gasteiger partial charge in [-0.25, -0.2) is 4.68 Å². The smallest absolute Gasteiger partial charge is 0.184 e. The maximum Gasteiger partial charge on any atom is 0.184 e. The summed E-state index contributed by atoms with van der Waals surface area (Å²) in [6.45, 7) is 5.45. The van der Waals surface area contributed by atoms with Gasteiger partial charge in [0.1, 0.15) is 0 Å². The number of nitrogens with zero attached hydrogens (tertiary/aromatic N) is 4. The summed E-state index contributed by atoms with van der Waals surface area (Å²) in [5.74, 6) is 0.802. The van der Waals surface area contributed by atoms with E-state index in [9.17, 15) is 0 Å². The Balaban J connectivity index is 1.97. The molecule has 0 unspecified atom stereocenters. The number of hydrogen-bond donors (Lipinski definition) is 1. The number of nitrogens with one attached hydrogen (secondary N) is 1. The van der Waals surface area contributed by atoms with Crippen LogP contribution in [0.15, 0.2) is 23.1 Å². The lowest BCUT2D eigenvalue weighted by molar-refractivity contribution is 0.0667. The summed E-state index contributed by atoms with van der Waals surface area (Å²) in [6, 6.07) is 0.363. The van der Waals surface area contributed by atoms with E-state index in [4.69, 9.17) is 4.74 Å². The minimum atomic E-state index is 0.363. The number of rotatable bonds is 1. The highest BCUT2D eigenvalue weighted by Crippen LogP contribution is 2.32. The van der Waals surface area contributed by atoms with Crippen LogP contribution in [0.1, 0.15) is 24.4 Å². The van der Waals surface area contributed by atoms with Crippen LogP contribution < -0.4 is 5.43 Å². The summed E-state index contributed by atoms with van der Waals surface area (Å²) in [5, 5.41) is 12.3. The first-order chi connectivity index (χ1) is 7.86. The van der Waals surface area contributed by atoms with E-state index in [2.05, 4.69) is 27.4 Å². The molecule has 1 fully saturated rings. The van der Waals surface area contributed by atoms with Crippen molar-refractivity contribution in [2.45, 2.75) is 18.9 Å². The Morgan fingerprint density at radius 1 is 1.44 bits per heavy atom. The molecule has 2 aliphatic rings. The van der Waals surface area contributed by atoms with E-state index in [-0.39, 0.29) is 0 Å². The number of ether oxygens (including phenoxy) is 1. The second-order valence-electron chi connectivity index (χ2n) is 3.96. The van der Waals surface area contributed by atoms with Crippen LogP contribution in [0.3, 0.4) is 0 Å². The maximum atomic E-state index is 5.34. The van der Waals surface area contributed by atoms with Gasteiger partial charge in [0.25, 0.3) is 0 Å². The third-order valence-electron chi connectivity index (χ3n) is 2.96. The lowest BCUT2D eigenvalue weighted by atomic mass is 10.1. The van der Waals surface area contributed by atoms with Crippen molar-refractivity contribution < 1.29 is 4.74 Å². The first-order valence-electron chi connectivity index (χ1n) is 5.37. The molecule has 84 valence electrons. The fraction of sp³-hybridized carbons (Fsp3) is 0.500. The predicted octanol–water partition coefficient (Wildman–Crippen LogP) is 1.81. The molecule has 0 bridgehead atoms. The van der Waals surface area contributed by atoms with Crippen LogP contribution in [0, 0.1) is 0 Å². The van der Waals surface area contributed by atoms with Gasteiger partial charge in [-0.2, -0.15) is 5.10 Å². The second-order valence-corrected chi connectivity index (χ2v) is 3.96. The van der Waals surface area contributed by atoms with Gasteiger partial charge in [0.05, 0.1) is 23.5 Å². The lowest BCUT2D eigenvalue weighted by Gasteiger charge is -2.23. The van der Waals surface area contributed by atoms with Gasteiger partial charge in [0, 0.05) is 13.2 Å². The fourth-order valence-corrected chi connectivity index (χ4v) is 2.06. The van der Waals surface area contributed by atoms with Gasteiger partial charge in [0.2, 0.25) is 0 Å². The van der Waals surface area contributed by atoms with Gasteiger partial charge < -0.3 is 4.74 Å². The zero-order valence-corrected chi connectivity index (χ0v) is 8.89. The van der Waals surface area contributed by atoms with Crippen molar-refractivity contribution in [3.8, 4) is 0 Å². The molecule has 0 radical (unpaired) electrons. The Hall–Kier alpha value is -1.69. The molecule has 2 aliphatic heterocycles. The number of aromatic nitrogens is 2. The summed E-state index contributed by atoms with van der Waals surface area (Å²) < 4.78 is 7.28. The molecule has 0 amide bonds. The molecular weight excluding hydrogens is 206 g/mol. The zero-order chi connectivity index (χ0) is 11.0. The lowest BCUT2D eigenvalue weighted by Crippen LogP contribution is -2.20. The standard InChI is InChI=1S/C10H13N5O/c1-7-9-6-11-15(10(9)13-14-12-7)8-2-4-16-5-3-8/h6,8H,1-5H2,(H,12,13). The highest BCUT2D eigenvalue weighted by molar-refractivity contribution is 5.70. The molecule has 1 aromatic heterocycles. The van der Waals surface area contributed by atoms with Crippen molar-refractivity contribution in [3.63, 3.8) is 0 Å². The molecule has 0 atom stereocenters. The molecule has 1 aromatic rings. The fourth-order valence-electron chi connectivity index (χ4n) is 2.06. The average Bonchev–Trinajstić information content (AvgIpc) is 2.75. The van der Waals surface area contributed by atoms with Crippen molar-refractivity contribution in [1.82, 2.24) is 15.2 Å². The van der Waals surface area contributed by atoms with Crippen molar-refractivity contribution in [2.75, 3.05) is 13.2 Å². The highest BCUT2D eigenvalue weighted by Gasteiger charge is 2.23. The first kappa shape index (κ1) is 9.53. The van der Waals surface area contributed by atoms with E-state index >= 15 is 0 Å². The SMILES string of the molecule is C=C1NN=Nc2c1cnn2C1CCOCC1. The molecule has 3 heterocycles. The van der Waals surface area contributed by atoms with Crippen LogP contribution in [0.5, 0.6) is 0 Å². The minimum absolute atomic E-state index is 0.363. The van der Waals surface area contributed by atoms with Crippen LogP contribution >= 0.6 is 0 Å². The minimum Gasteiger partial charge on any atom is -0.381 e. The van der Waals surface area contributed by atoms with Gasteiger partial charge in [-0.05, 0) is 12.8 Å². The van der Waals surface area contributed by atoms with E-state index < -0.39 is 0 Å². The van der Waals surface area contributed by atoms with Gasteiger partial charge in [-0.3, -0.25) is 5.43 Å². The van der Waals surface area contributed by atoms with E-state index in [0.29, 0.717) is 6.04 Å². The topological polar surface area (TPSA) is 63.8 Å². The van der Waals surface area contributed by atoms with E-state index in [1.807, 2.05) is 4.68 Å². The van der Waals surface area contributed by atoms with Crippen LogP contribution in [0.25, 0.3) is 5.70 Å². The first-order valence-corrected chi connectivity index (χ1v) is 5.37. The maximum absolute atomic E-state index is 5.34. The van der Waals surface area contributed by atoms with Crippen molar-refractivity contribution in [3.05, 3.63) is 18.3 Å². The van der Waals surface area contributed by atoms with Crippen LogP contribution in [-0.4, -0.2) is 23.0 Å². The molecule has 1 N–H and O–H groups in total. The van der Waals surface area contributed by atoms with Crippen molar-refractivity contribution >= 4 is 11.5 Å². The molecule has 1 saturated heterocycles. The van der Waals surface area contributed by atoms with E-state index in [0.717, 1.165) is 43.1 Å². The Morgan fingerprint density at radius 3 is 3.06 bits per heavy atom. The van der Waals surface area contributed by atoms with E-state index in [1.54, 1.807) is 6.20 Å². The molecule has 0 aromatic carbocycles. The Labute approximate surface area is 93.0 Å². The summed E-state index contributed by atoms with van der Waals surface area (Å²) >= 11 is 0. The number of hydrogen-bond acceptors (Lipinski definition) is 5. The third-order valence-corrected chi connectivity index (χ3v) is 2.96. The third kappa shape index (κ3) is 1.42. The summed E-state index contributed by atoms with van der Waals surface area (Å²) in [6.07, 6.45) is 3.74. The van der Waals surface area contributed by atoms with Gasteiger partial charge in [0.15, 0.2) is 5.82 Å².